The fourth-order valence-electron chi connectivity index (χ4n) is 2.37. The van der Waals surface area contributed by atoms with Gasteiger partial charge in [0.15, 0.2) is 14.8 Å². The van der Waals surface area contributed by atoms with E-state index in [0.29, 0.717) is 4.68 Å². The minimum Gasteiger partial charge on any atom is -0.265 e. The van der Waals surface area contributed by atoms with Gasteiger partial charge in [0.25, 0.3) is 5.91 Å². The molecule has 3 aromatic rings. The molecule has 0 aliphatic rings. The fraction of sp³-hybridized carbons (Fsp3) is 0.312. The van der Waals surface area contributed by atoms with Crippen molar-refractivity contribution >= 4 is 38.4 Å². The van der Waals surface area contributed by atoms with Crippen LogP contribution in [-0.2, 0) is 29.2 Å². The van der Waals surface area contributed by atoms with Gasteiger partial charge in [-0.05, 0) is 6.07 Å². The van der Waals surface area contributed by atoms with E-state index in [0.717, 1.165) is 25.5 Å². The summed E-state index contributed by atoms with van der Waals surface area (Å²) in [5, 5.41) is 0.787. The van der Waals surface area contributed by atoms with E-state index in [2.05, 4.69) is 20.1 Å². The lowest BCUT2D eigenvalue weighted by atomic mass is 10.2. The molecule has 0 radical (unpaired) electrons. The zero-order valence-electron chi connectivity index (χ0n) is 16.4. The lowest BCUT2D eigenvalue weighted by Crippen LogP contribution is -2.17. The van der Waals surface area contributed by atoms with Crippen LogP contribution in [0.4, 0.5) is 26.3 Å². The van der Waals surface area contributed by atoms with E-state index < -0.39 is 59.3 Å². The highest BCUT2D eigenvalue weighted by atomic mass is 32.2. The van der Waals surface area contributed by atoms with Gasteiger partial charge in [0, 0.05) is 25.0 Å². The van der Waals surface area contributed by atoms with E-state index in [1.54, 1.807) is 0 Å². The largest absolute Gasteiger partial charge is 0.445 e. The number of alkyl halides is 6. The van der Waals surface area contributed by atoms with Crippen LogP contribution in [0.15, 0.2) is 28.3 Å². The SMILES string of the molecule is CCS(=O)(=O)c1cc(-c2cnc(C(F)(F)F)s2)cnc1C(=O)N=c1sc(C(F)(F)F)nn1C. The maximum absolute atomic E-state index is 12.8. The molecule has 0 saturated carbocycles. The second-order valence-corrected chi connectivity index (χ2v) is 10.5. The van der Waals surface area contributed by atoms with Crippen molar-refractivity contribution < 1.29 is 39.6 Å². The number of halogens is 6. The molecule has 33 heavy (non-hydrogen) atoms. The number of sulfone groups is 1. The molecule has 0 unspecified atom stereocenters. The highest BCUT2D eigenvalue weighted by Gasteiger charge is 2.36. The minimum atomic E-state index is -4.78. The summed E-state index contributed by atoms with van der Waals surface area (Å²) in [7, 11) is -3.02. The highest BCUT2D eigenvalue weighted by molar-refractivity contribution is 7.91. The van der Waals surface area contributed by atoms with E-state index in [1.807, 2.05) is 0 Å². The molecule has 8 nitrogen and oxygen atoms in total. The van der Waals surface area contributed by atoms with Gasteiger partial charge in [0.1, 0.15) is 5.69 Å². The normalized spacial score (nSPS) is 13.5. The van der Waals surface area contributed by atoms with Crippen molar-refractivity contribution in [1.29, 1.82) is 0 Å². The third kappa shape index (κ3) is 5.30. The zero-order valence-corrected chi connectivity index (χ0v) is 18.8. The molecule has 0 fully saturated rings. The van der Waals surface area contributed by atoms with Gasteiger partial charge >= 0.3 is 12.4 Å². The molecule has 0 saturated heterocycles. The minimum absolute atomic E-state index is 0.0470. The predicted octanol–water partition coefficient (Wildman–Crippen LogP) is 3.57. The first-order valence-electron chi connectivity index (χ1n) is 8.60. The molecule has 17 heteroatoms. The Morgan fingerprint density at radius 1 is 1.06 bits per heavy atom. The van der Waals surface area contributed by atoms with Gasteiger partial charge < -0.3 is 0 Å². The van der Waals surface area contributed by atoms with Gasteiger partial charge in [-0.25, -0.2) is 23.1 Å². The van der Waals surface area contributed by atoms with Crippen LogP contribution in [0.5, 0.6) is 0 Å². The first-order valence-corrected chi connectivity index (χ1v) is 11.9. The molecule has 0 N–H and O–H groups in total. The van der Waals surface area contributed by atoms with Crippen LogP contribution in [0.1, 0.15) is 27.4 Å². The van der Waals surface area contributed by atoms with Crippen molar-refractivity contribution in [1.82, 2.24) is 19.7 Å². The van der Waals surface area contributed by atoms with E-state index in [9.17, 15) is 39.6 Å². The van der Waals surface area contributed by atoms with Crippen LogP contribution >= 0.6 is 22.7 Å². The first kappa shape index (κ1) is 25.0. The van der Waals surface area contributed by atoms with Crippen LogP contribution < -0.4 is 4.80 Å². The smallest absolute Gasteiger partial charge is 0.265 e. The number of nitrogens with zero attached hydrogens (tertiary/aromatic N) is 5. The number of carbonyl (C=O) groups is 1. The summed E-state index contributed by atoms with van der Waals surface area (Å²) < 4.78 is 103. The molecule has 0 aliphatic carbocycles. The standard InChI is InChI=1S/C16H11F6N5O3S3/c1-3-33(29,30)9-4-7(8-6-24-12(31-8)15(17,18)19)5-23-10(9)11(28)25-14-27(2)26-13(32-14)16(20,21)22/h4-6H,3H2,1-2H3. The maximum Gasteiger partial charge on any atom is 0.445 e. The monoisotopic (exact) mass is 531 g/mol. The molecule has 1 amide bonds. The summed E-state index contributed by atoms with van der Waals surface area (Å²) in [4.78, 5) is 22.0. The van der Waals surface area contributed by atoms with Gasteiger partial charge in [0.2, 0.25) is 9.81 Å². The number of carbonyl (C=O) groups excluding carboxylic acids is 1. The summed E-state index contributed by atoms with van der Waals surface area (Å²) in [6.45, 7) is 1.26. The van der Waals surface area contributed by atoms with Crippen molar-refractivity contribution in [2.45, 2.75) is 24.2 Å². The number of aryl methyl sites for hydroxylation is 1. The first-order chi connectivity index (χ1) is 15.1. The quantitative estimate of drug-likeness (QED) is 0.477. The lowest BCUT2D eigenvalue weighted by molar-refractivity contribution is -0.138. The van der Waals surface area contributed by atoms with E-state index in [-0.39, 0.29) is 33.1 Å². The second kappa shape index (κ2) is 8.60. The number of hydrogen-bond acceptors (Lipinski definition) is 8. The number of hydrogen-bond donors (Lipinski definition) is 0. The third-order valence-electron chi connectivity index (χ3n) is 3.95. The zero-order chi connectivity index (χ0) is 24.8. The molecule has 3 rings (SSSR count). The molecule has 0 aromatic carbocycles. The Balaban J connectivity index is 2.12. The molecular formula is C16H11F6N5O3S3. The average Bonchev–Trinajstić information content (AvgIpc) is 3.35. The second-order valence-electron chi connectivity index (χ2n) is 6.23. The molecule has 0 aliphatic heterocycles. The topological polar surface area (TPSA) is 107 Å². The highest BCUT2D eigenvalue weighted by Crippen LogP contribution is 2.37. The Labute approximate surface area is 189 Å². The van der Waals surface area contributed by atoms with Crippen LogP contribution in [-0.4, -0.2) is 39.8 Å². The fourth-order valence-corrected chi connectivity index (χ4v) is 4.94. The molecule has 0 spiro atoms. The van der Waals surface area contributed by atoms with E-state index >= 15 is 0 Å². The summed E-state index contributed by atoms with van der Waals surface area (Å²) >= 11 is 0.311. The summed E-state index contributed by atoms with van der Waals surface area (Å²) in [6.07, 6.45) is -7.64. The van der Waals surface area contributed by atoms with Crippen molar-refractivity contribution in [3.8, 4) is 10.4 Å². The van der Waals surface area contributed by atoms with Gasteiger partial charge in [-0.15, -0.1) is 11.3 Å². The lowest BCUT2D eigenvalue weighted by Gasteiger charge is -2.08. The van der Waals surface area contributed by atoms with Crippen LogP contribution in [0.2, 0.25) is 0 Å². The molecule has 3 aromatic heterocycles. The average molecular weight is 531 g/mol. The number of pyridine rings is 1. The summed E-state index contributed by atoms with van der Waals surface area (Å²) in [6, 6.07) is 0.954. The number of amides is 1. The van der Waals surface area contributed by atoms with Crippen LogP contribution in [0, 0.1) is 0 Å². The van der Waals surface area contributed by atoms with Crippen LogP contribution in [0.25, 0.3) is 10.4 Å². The van der Waals surface area contributed by atoms with Gasteiger partial charge in [0.05, 0.1) is 15.5 Å². The van der Waals surface area contributed by atoms with Crippen molar-refractivity contribution in [3.63, 3.8) is 0 Å². The van der Waals surface area contributed by atoms with Gasteiger partial charge in [-0.2, -0.15) is 36.4 Å². The Kier molecular flexibility index (Phi) is 6.51. The Morgan fingerprint density at radius 3 is 2.21 bits per heavy atom. The molecule has 178 valence electrons. The van der Waals surface area contributed by atoms with Crippen molar-refractivity contribution in [3.05, 3.63) is 39.0 Å². The van der Waals surface area contributed by atoms with Gasteiger partial charge in [-0.1, -0.05) is 18.3 Å². The van der Waals surface area contributed by atoms with E-state index in [1.165, 1.54) is 6.92 Å². The number of aromatic nitrogens is 4. The predicted molar refractivity (Wildman–Crippen MR) is 104 cm³/mol. The van der Waals surface area contributed by atoms with Crippen molar-refractivity contribution in [2.75, 3.05) is 5.75 Å². The Hall–Kier alpha value is -2.66. The van der Waals surface area contributed by atoms with Crippen molar-refractivity contribution in [2.24, 2.45) is 12.0 Å². The Bertz CT molecular complexity index is 1390. The molecule has 0 atom stereocenters. The summed E-state index contributed by atoms with van der Waals surface area (Å²) in [5.41, 5.74) is -0.739. The molecule has 3 heterocycles. The van der Waals surface area contributed by atoms with E-state index in [4.69, 9.17) is 0 Å². The third-order valence-corrected chi connectivity index (χ3v) is 7.83. The maximum atomic E-state index is 12.8. The Morgan fingerprint density at radius 2 is 1.70 bits per heavy atom. The van der Waals surface area contributed by atoms with Gasteiger partial charge in [-0.3, -0.25) is 4.79 Å². The molecular weight excluding hydrogens is 520 g/mol. The summed E-state index contributed by atoms with van der Waals surface area (Å²) in [5.74, 6) is -1.75. The number of rotatable bonds is 4. The number of thiazole rings is 1. The molecule has 0 bridgehead atoms. The van der Waals surface area contributed by atoms with Crippen LogP contribution in [0.3, 0.4) is 0 Å².